The maximum absolute atomic E-state index is 6.10. The van der Waals surface area contributed by atoms with Gasteiger partial charge in [-0.05, 0) is 36.2 Å². The van der Waals surface area contributed by atoms with Gasteiger partial charge in [0.1, 0.15) is 12.4 Å². The molecule has 0 bridgehead atoms. The molecule has 0 spiro atoms. The predicted molar refractivity (Wildman–Crippen MR) is 139 cm³/mol. The Kier molecular flexibility index (Phi) is 6.17. The molecule has 0 unspecified atom stereocenters. The number of nitrogens with zero attached hydrogens (tertiary/aromatic N) is 3. The normalized spacial score (nSPS) is 11.4. The van der Waals surface area contributed by atoms with Crippen LogP contribution in [0.25, 0.3) is 21.1 Å². The SMILES string of the molecule is C=CCc1ccccc1OCCn1cc(C=NNc2nc3ccccc3s2)c2ccccc21. The highest BCUT2D eigenvalue weighted by Gasteiger charge is 2.08. The Labute approximate surface area is 196 Å². The molecule has 3 aromatic carbocycles. The van der Waals surface area contributed by atoms with Crippen molar-refractivity contribution in [3.8, 4) is 5.75 Å². The van der Waals surface area contributed by atoms with E-state index < -0.39 is 0 Å². The summed E-state index contributed by atoms with van der Waals surface area (Å²) in [5.41, 5.74) is 7.41. The van der Waals surface area contributed by atoms with Crippen LogP contribution in [0.3, 0.4) is 0 Å². The van der Waals surface area contributed by atoms with Crippen LogP contribution in [0.5, 0.6) is 5.75 Å². The zero-order chi connectivity index (χ0) is 22.5. The minimum Gasteiger partial charge on any atom is -0.491 e. The second kappa shape index (κ2) is 9.71. The number of hydrogen-bond donors (Lipinski definition) is 1. The Morgan fingerprint density at radius 1 is 1.03 bits per heavy atom. The zero-order valence-corrected chi connectivity index (χ0v) is 19.0. The molecule has 5 rings (SSSR count). The third kappa shape index (κ3) is 4.66. The Bertz CT molecular complexity index is 1400. The van der Waals surface area contributed by atoms with Gasteiger partial charge in [0.05, 0.1) is 23.0 Å². The molecule has 0 aliphatic heterocycles. The highest BCUT2D eigenvalue weighted by atomic mass is 32.1. The van der Waals surface area contributed by atoms with E-state index in [0.717, 1.165) is 56.1 Å². The highest BCUT2D eigenvalue weighted by Crippen LogP contribution is 2.26. The van der Waals surface area contributed by atoms with Gasteiger partial charge >= 0.3 is 0 Å². The van der Waals surface area contributed by atoms with Crippen molar-refractivity contribution in [2.45, 2.75) is 13.0 Å². The molecular formula is C27H24N4OS. The third-order valence-electron chi connectivity index (χ3n) is 5.40. The largest absolute Gasteiger partial charge is 0.491 e. The molecule has 164 valence electrons. The molecule has 6 heteroatoms. The van der Waals surface area contributed by atoms with E-state index in [1.54, 1.807) is 11.3 Å². The number of thiazole rings is 1. The fourth-order valence-electron chi connectivity index (χ4n) is 3.86. The highest BCUT2D eigenvalue weighted by molar-refractivity contribution is 7.22. The Morgan fingerprint density at radius 2 is 1.85 bits per heavy atom. The summed E-state index contributed by atoms with van der Waals surface area (Å²) in [6, 6.07) is 24.5. The van der Waals surface area contributed by atoms with Crippen LogP contribution in [0, 0.1) is 0 Å². The minimum absolute atomic E-state index is 0.577. The molecule has 0 amide bonds. The van der Waals surface area contributed by atoms with Gasteiger partial charge in [-0.3, -0.25) is 5.43 Å². The summed E-state index contributed by atoms with van der Waals surface area (Å²) in [5, 5.41) is 6.38. The lowest BCUT2D eigenvalue weighted by molar-refractivity contribution is 0.298. The topological polar surface area (TPSA) is 51.4 Å². The summed E-state index contributed by atoms with van der Waals surface area (Å²) in [7, 11) is 0. The van der Waals surface area contributed by atoms with Crippen LogP contribution in [0.2, 0.25) is 0 Å². The smallest absolute Gasteiger partial charge is 0.204 e. The Morgan fingerprint density at radius 3 is 2.76 bits per heavy atom. The summed E-state index contributed by atoms with van der Waals surface area (Å²) in [6.07, 6.45) is 6.67. The van der Waals surface area contributed by atoms with Gasteiger partial charge in [0, 0.05) is 22.7 Å². The molecule has 33 heavy (non-hydrogen) atoms. The number of aromatic nitrogens is 2. The maximum atomic E-state index is 6.10. The van der Waals surface area contributed by atoms with E-state index >= 15 is 0 Å². The molecule has 2 heterocycles. The number of allylic oxidation sites excluding steroid dienone is 1. The number of benzene rings is 3. The molecule has 0 saturated carbocycles. The number of ether oxygens (including phenoxy) is 1. The van der Waals surface area contributed by atoms with E-state index in [2.05, 4.69) is 63.2 Å². The number of nitrogens with one attached hydrogen (secondary N) is 1. The number of rotatable bonds is 9. The fourth-order valence-corrected chi connectivity index (χ4v) is 4.68. The number of fused-ring (bicyclic) bond motifs is 2. The zero-order valence-electron chi connectivity index (χ0n) is 18.1. The second-order valence-electron chi connectivity index (χ2n) is 7.60. The van der Waals surface area contributed by atoms with Crippen molar-refractivity contribution in [2.24, 2.45) is 5.10 Å². The monoisotopic (exact) mass is 452 g/mol. The summed E-state index contributed by atoms with van der Waals surface area (Å²) in [5.74, 6) is 0.913. The quantitative estimate of drug-likeness (QED) is 0.158. The van der Waals surface area contributed by atoms with Crippen LogP contribution in [0.15, 0.2) is 96.7 Å². The van der Waals surface area contributed by atoms with E-state index in [4.69, 9.17) is 4.74 Å². The molecule has 5 aromatic rings. The van der Waals surface area contributed by atoms with Crippen LogP contribution >= 0.6 is 11.3 Å². The van der Waals surface area contributed by atoms with Crippen molar-refractivity contribution in [2.75, 3.05) is 12.0 Å². The molecule has 0 radical (unpaired) electrons. The van der Waals surface area contributed by atoms with Gasteiger partial charge in [-0.25, -0.2) is 4.98 Å². The van der Waals surface area contributed by atoms with Gasteiger partial charge in [0.2, 0.25) is 5.13 Å². The lowest BCUT2D eigenvalue weighted by Crippen LogP contribution is -2.08. The van der Waals surface area contributed by atoms with Gasteiger partial charge in [0.25, 0.3) is 0 Å². The lowest BCUT2D eigenvalue weighted by Gasteiger charge is -2.11. The third-order valence-corrected chi connectivity index (χ3v) is 6.34. The number of hydrogen-bond acceptors (Lipinski definition) is 5. The van der Waals surface area contributed by atoms with Crippen LogP contribution in [0.4, 0.5) is 5.13 Å². The molecule has 0 atom stereocenters. The van der Waals surface area contributed by atoms with Gasteiger partial charge in [0.15, 0.2) is 0 Å². The Balaban J connectivity index is 1.30. The molecular weight excluding hydrogens is 428 g/mol. The van der Waals surface area contributed by atoms with Crippen molar-refractivity contribution < 1.29 is 4.74 Å². The van der Waals surface area contributed by atoms with Gasteiger partial charge in [-0.1, -0.05) is 65.9 Å². The maximum Gasteiger partial charge on any atom is 0.204 e. The molecule has 5 nitrogen and oxygen atoms in total. The Hall–Kier alpha value is -3.90. The first-order chi connectivity index (χ1) is 16.3. The van der Waals surface area contributed by atoms with E-state index in [9.17, 15) is 0 Å². The number of anilines is 1. The van der Waals surface area contributed by atoms with Crippen molar-refractivity contribution in [3.63, 3.8) is 0 Å². The van der Waals surface area contributed by atoms with E-state index in [0.29, 0.717) is 6.61 Å². The van der Waals surface area contributed by atoms with Gasteiger partial charge < -0.3 is 9.30 Å². The fraction of sp³-hybridized carbons (Fsp3) is 0.111. The summed E-state index contributed by atoms with van der Waals surface area (Å²) < 4.78 is 9.45. The first-order valence-corrected chi connectivity index (χ1v) is 11.7. The average Bonchev–Trinajstić information content (AvgIpc) is 3.42. The van der Waals surface area contributed by atoms with Crippen molar-refractivity contribution in [1.82, 2.24) is 9.55 Å². The average molecular weight is 453 g/mol. The second-order valence-corrected chi connectivity index (χ2v) is 8.63. The van der Waals surface area contributed by atoms with Crippen LogP contribution in [-0.2, 0) is 13.0 Å². The van der Waals surface area contributed by atoms with Crippen molar-refractivity contribution >= 4 is 43.8 Å². The molecule has 0 aliphatic carbocycles. The number of hydrazone groups is 1. The van der Waals surface area contributed by atoms with Gasteiger partial charge in [-0.2, -0.15) is 5.10 Å². The molecule has 2 aromatic heterocycles. The van der Waals surface area contributed by atoms with Gasteiger partial charge in [-0.15, -0.1) is 6.58 Å². The van der Waals surface area contributed by atoms with Crippen molar-refractivity contribution in [3.05, 3.63) is 103 Å². The van der Waals surface area contributed by atoms with E-state index in [-0.39, 0.29) is 0 Å². The van der Waals surface area contributed by atoms with Crippen LogP contribution in [0.1, 0.15) is 11.1 Å². The lowest BCUT2D eigenvalue weighted by atomic mass is 10.1. The molecule has 1 N–H and O–H groups in total. The number of para-hydroxylation sites is 3. The predicted octanol–water partition coefficient (Wildman–Crippen LogP) is 6.50. The molecule has 0 saturated heterocycles. The van der Waals surface area contributed by atoms with Crippen LogP contribution in [-0.4, -0.2) is 22.4 Å². The molecule has 0 fully saturated rings. The van der Waals surface area contributed by atoms with Crippen molar-refractivity contribution in [1.29, 1.82) is 0 Å². The first kappa shape index (κ1) is 21.0. The standard InChI is InChI=1S/C27H24N4OS/c1-2-9-20-10-3-7-14-25(20)32-17-16-31-19-21(22-11-4-6-13-24(22)31)18-28-30-27-29-23-12-5-8-15-26(23)33-27/h2-8,10-15,18-19H,1,9,16-17H2,(H,29,30). The van der Waals surface area contributed by atoms with Crippen LogP contribution < -0.4 is 10.2 Å². The summed E-state index contributed by atoms with van der Waals surface area (Å²) in [4.78, 5) is 4.57. The van der Waals surface area contributed by atoms with E-state index in [1.807, 2.05) is 54.8 Å². The van der Waals surface area contributed by atoms with E-state index in [1.165, 1.54) is 0 Å². The molecule has 0 aliphatic rings. The first-order valence-electron chi connectivity index (χ1n) is 10.9. The minimum atomic E-state index is 0.577. The summed E-state index contributed by atoms with van der Waals surface area (Å²) >= 11 is 1.59. The summed E-state index contributed by atoms with van der Waals surface area (Å²) in [6.45, 7) is 5.15.